The average Bonchev–Trinajstić information content (AvgIpc) is 3.35. The second-order valence-corrected chi connectivity index (χ2v) is 6.96. The Hall–Kier alpha value is -3.41. The van der Waals surface area contributed by atoms with Crippen LogP contribution in [-0.4, -0.2) is 40.1 Å². The van der Waals surface area contributed by atoms with Crippen molar-refractivity contribution in [3.05, 3.63) is 77.0 Å². The number of carboxylic acid groups (broad SMARTS) is 1. The van der Waals surface area contributed by atoms with E-state index in [9.17, 15) is 14.7 Å². The summed E-state index contributed by atoms with van der Waals surface area (Å²) in [6, 6.07) is 16.5. The van der Waals surface area contributed by atoms with E-state index in [1.807, 2.05) is 42.5 Å². The zero-order chi connectivity index (χ0) is 19.7. The summed E-state index contributed by atoms with van der Waals surface area (Å²) in [5.41, 5.74) is 2.91. The highest BCUT2D eigenvalue weighted by molar-refractivity contribution is 6.01. The summed E-state index contributed by atoms with van der Waals surface area (Å²) in [4.78, 5) is 26.5. The Morgan fingerprint density at radius 2 is 1.82 bits per heavy atom. The molecular weight excluding hydrogens is 356 g/mol. The summed E-state index contributed by atoms with van der Waals surface area (Å²) in [5, 5.41) is 13.5. The highest BCUT2D eigenvalue weighted by atomic mass is 16.5. The van der Waals surface area contributed by atoms with Crippen LogP contribution < -0.4 is 0 Å². The zero-order valence-corrected chi connectivity index (χ0v) is 15.5. The molecule has 0 spiro atoms. The van der Waals surface area contributed by atoms with Crippen LogP contribution in [0.5, 0.6) is 0 Å². The molecule has 1 saturated heterocycles. The number of amides is 1. The molecule has 6 nitrogen and oxygen atoms in total. The lowest BCUT2D eigenvalue weighted by molar-refractivity contribution is 0.0695. The third-order valence-electron chi connectivity index (χ3n) is 5.23. The first-order chi connectivity index (χ1) is 13.6. The number of aryl methyl sites for hydroxylation is 1. The molecule has 3 aromatic rings. The van der Waals surface area contributed by atoms with Crippen LogP contribution in [0, 0.1) is 6.92 Å². The van der Waals surface area contributed by atoms with Gasteiger partial charge in [-0.1, -0.05) is 53.7 Å². The van der Waals surface area contributed by atoms with Crippen molar-refractivity contribution in [2.75, 3.05) is 13.1 Å². The SMILES string of the molecule is Cc1onc(-c2ccccc2)c1C(=O)N1CC[C@@H](c2ccccc2C(=O)O)C1. The molecule has 1 aromatic heterocycles. The summed E-state index contributed by atoms with van der Waals surface area (Å²) in [6.45, 7) is 2.78. The van der Waals surface area contributed by atoms with Gasteiger partial charge in [-0.05, 0) is 25.0 Å². The minimum atomic E-state index is -0.943. The van der Waals surface area contributed by atoms with Crippen molar-refractivity contribution in [1.82, 2.24) is 10.1 Å². The van der Waals surface area contributed by atoms with Crippen molar-refractivity contribution in [2.45, 2.75) is 19.3 Å². The number of hydrogen-bond donors (Lipinski definition) is 1. The van der Waals surface area contributed by atoms with Gasteiger partial charge in [0.2, 0.25) is 0 Å². The summed E-state index contributed by atoms with van der Waals surface area (Å²) in [5.74, 6) is -0.593. The van der Waals surface area contributed by atoms with Gasteiger partial charge >= 0.3 is 5.97 Å². The van der Waals surface area contributed by atoms with Gasteiger partial charge in [-0.2, -0.15) is 0 Å². The van der Waals surface area contributed by atoms with Gasteiger partial charge in [-0.15, -0.1) is 0 Å². The Morgan fingerprint density at radius 3 is 2.57 bits per heavy atom. The molecule has 28 heavy (non-hydrogen) atoms. The number of hydrogen-bond acceptors (Lipinski definition) is 4. The van der Waals surface area contributed by atoms with E-state index in [2.05, 4.69) is 5.16 Å². The molecule has 1 fully saturated rings. The quantitative estimate of drug-likeness (QED) is 0.745. The molecule has 1 atom stereocenters. The predicted molar refractivity (Wildman–Crippen MR) is 103 cm³/mol. The number of carbonyl (C=O) groups excluding carboxylic acids is 1. The molecule has 1 amide bonds. The van der Waals surface area contributed by atoms with Gasteiger partial charge in [-0.25, -0.2) is 4.79 Å². The van der Waals surface area contributed by atoms with Crippen LogP contribution in [0.1, 0.15) is 44.4 Å². The first kappa shape index (κ1) is 18.0. The maximum Gasteiger partial charge on any atom is 0.335 e. The standard InChI is InChI=1S/C22H20N2O4/c1-14-19(20(23-28-14)15-7-3-2-4-8-15)21(25)24-12-11-16(13-24)17-9-5-6-10-18(17)22(26)27/h2-10,16H,11-13H2,1H3,(H,26,27)/t16-/m1/s1. The fourth-order valence-electron chi connectivity index (χ4n) is 3.82. The van der Waals surface area contributed by atoms with Gasteiger partial charge in [0.05, 0.1) is 5.56 Å². The smallest absolute Gasteiger partial charge is 0.335 e. The van der Waals surface area contributed by atoms with E-state index in [1.54, 1.807) is 24.0 Å². The Balaban J connectivity index is 1.60. The van der Waals surface area contributed by atoms with Gasteiger partial charge in [0.15, 0.2) is 0 Å². The molecule has 2 heterocycles. The summed E-state index contributed by atoms with van der Waals surface area (Å²) >= 11 is 0. The zero-order valence-electron chi connectivity index (χ0n) is 15.5. The van der Waals surface area contributed by atoms with Crippen LogP contribution in [0.3, 0.4) is 0 Å². The molecule has 0 unspecified atom stereocenters. The Morgan fingerprint density at radius 1 is 1.11 bits per heavy atom. The molecule has 4 rings (SSSR count). The summed E-state index contributed by atoms with van der Waals surface area (Å²) in [6.07, 6.45) is 0.723. The lowest BCUT2D eigenvalue weighted by atomic mass is 9.93. The molecule has 6 heteroatoms. The van der Waals surface area contributed by atoms with Crippen molar-refractivity contribution in [3.63, 3.8) is 0 Å². The fraction of sp³-hybridized carbons (Fsp3) is 0.227. The molecule has 0 bridgehead atoms. The van der Waals surface area contributed by atoms with Crippen molar-refractivity contribution >= 4 is 11.9 Å². The van der Waals surface area contributed by atoms with E-state index in [0.29, 0.717) is 35.7 Å². The van der Waals surface area contributed by atoms with E-state index in [1.165, 1.54) is 0 Å². The maximum absolute atomic E-state index is 13.2. The number of carboxylic acids is 1. The largest absolute Gasteiger partial charge is 0.478 e. The third-order valence-corrected chi connectivity index (χ3v) is 5.23. The van der Waals surface area contributed by atoms with Gasteiger partial charge < -0.3 is 14.5 Å². The minimum absolute atomic E-state index is 0.00316. The molecule has 1 aliphatic rings. The van der Waals surface area contributed by atoms with Crippen LogP contribution in [0.2, 0.25) is 0 Å². The molecule has 0 aliphatic carbocycles. The Kier molecular flexibility index (Phi) is 4.69. The molecular formula is C22H20N2O4. The lowest BCUT2D eigenvalue weighted by Crippen LogP contribution is -2.29. The van der Waals surface area contributed by atoms with Crippen molar-refractivity contribution < 1.29 is 19.2 Å². The normalized spacial score (nSPS) is 16.3. The maximum atomic E-state index is 13.2. The average molecular weight is 376 g/mol. The predicted octanol–water partition coefficient (Wildman–Crippen LogP) is 3.98. The molecule has 2 aromatic carbocycles. The van der Waals surface area contributed by atoms with Crippen LogP contribution >= 0.6 is 0 Å². The van der Waals surface area contributed by atoms with Gasteiger partial charge in [0.1, 0.15) is 17.0 Å². The number of nitrogens with zero attached hydrogens (tertiary/aromatic N) is 2. The van der Waals surface area contributed by atoms with Crippen molar-refractivity contribution in [2.24, 2.45) is 0 Å². The number of aromatic carboxylic acids is 1. The number of carbonyl (C=O) groups is 2. The Labute approximate surface area is 162 Å². The molecule has 0 saturated carbocycles. The van der Waals surface area contributed by atoms with E-state index in [0.717, 1.165) is 17.5 Å². The number of aromatic nitrogens is 1. The first-order valence-corrected chi connectivity index (χ1v) is 9.19. The van der Waals surface area contributed by atoms with Gasteiger partial charge in [0, 0.05) is 24.6 Å². The van der Waals surface area contributed by atoms with Crippen LogP contribution in [0.4, 0.5) is 0 Å². The van der Waals surface area contributed by atoms with Gasteiger partial charge in [0.25, 0.3) is 5.91 Å². The lowest BCUT2D eigenvalue weighted by Gasteiger charge is -2.17. The second kappa shape index (κ2) is 7.31. The molecule has 142 valence electrons. The topological polar surface area (TPSA) is 83.6 Å². The Bertz CT molecular complexity index is 1030. The van der Waals surface area contributed by atoms with Crippen LogP contribution in [-0.2, 0) is 0 Å². The summed E-state index contributed by atoms with van der Waals surface area (Å²) in [7, 11) is 0. The number of likely N-dealkylation sites (tertiary alicyclic amines) is 1. The van der Waals surface area contributed by atoms with Gasteiger partial charge in [-0.3, -0.25) is 4.79 Å². The van der Waals surface area contributed by atoms with Crippen LogP contribution in [0.15, 0.2) is 59.1 Å². The summed E-state index contributed by atoms with van der Waals surface area (Å²) < 4.78 is 5.32. The molecule has 0 radical (unpaired) electrons. The molecule has 1 N–H and O–H groups in total. The molecule has 1 aliphatic heterocycles. The highest BCUT2D eigenvalue weighted by Crippen LogP contribution is 2.33. The van der Waals surface area contributed by atoms with Crippen LogP contribution in [0.25, 0.3) is 11.3 Å². The van der Waals surface area contributed by atoms with E-state index < -0.39 is 5.97 Å². The number of benzene rings is 2. The monoisotopic (exact) mass is 376 g/mol. The third kappa shape index (κ3) is 3.17. The van der Waals surface area contributed by atoms with E-state index in [-0.39, 0.29) is 11.8 Å². The van der Waals surface area contributed by atoms with E-state index in [4.69, 9.17) is 4.52 Å². The fourth-order valence-corrected chi connectivity index (χ4v) is 3.82. The minimum Gasteiger partial charge on any atom is -0.478 e. The van der Waals surface area contributed by atoms with Crippen molar-refractivity contribution in [3.8, 4) is 11.3 Å². The second-order valence-electron chi connectivity index (χ2n) is 6.96. The first-order valence-electron chi connectivity index (χ1n) is 9.19. The van der Waals surface area contributed by atoms with E-state index >= 15 is 0 Å². The number of rotatable bonds is 4. The highest BCUT2D eigenvalue weighted by Gasteiger charge is 2.33. The van der Waals surface area contributed by atoms with Crippen molar-refractivity contribution in [1.29, 1.82) is 0 Å².